The van der Waals surface area contributed by atoms with E-state index in [-0.39, 0.29) is 35.5 Å². The van der Waals surface area contributed by atoms with Crippen LogP contribution in [-0.2, 0) is 15.1 Å². The zero-order valence-corrected chi connectivity index (χ0v) is 15.5. The van der Waals surface area contributed by atoms with Crippen LogP contribution in [-0.4, -0.2) is 37.0 Å². The number of carbonyl (C=O) groups excluding carboxylic acids is 1. The highest BCUT2D eigenvalue weighted by atomic mass is 19.1. The van der Waals surface area contributed by atoms with Gasteiger partial charge < -0.3 is 14.8 Å². The predicted molar refractivity (Wildman–Crippen MR) is 97.1 cm³/mol. The van der Waals surface area contributed by atoms with Gasteiger partial charge in [0.1, 0.15) is 22.9 Å². The smallest absolute Gasteiger partial charge is 0.235 e. The van der Waals surface area contributed by atoms with Gasteiger partial charge in [-0.1, -0.05) is 0 Å². The Morgan fingerprint density at radius 3 is 2.76 bits per heavy atom. The fraction of sp³-hybridized carbons (Fsp3) is 0.300. The van der Waals surface area contributed by atoms with E-state index in [1.807, 2.05) is 0 Å². The molecule has 0 spiro atoms. The normalized spacial score (nSPS) is 24.1. The number of carbonyl (C=O) groups is 1. The zero-order chi connectivity index (χ0) is 20.8. The first-order chi connectivity index (χ1) is 13.8. The molecule has 2 aromatic carbocycles. The van der Waals surface area contributed by atoms with Gasteiger partial charge in [0.2, 0.25) is 5.91 Å². The summed E-state index contributed by atoms with van der Waals surface area (Å²) in [6.07, 6.45) is 0.340. The number of benzene rings is 2. The first kappa shape index (κ1) is 19.3. The number of halogens is 3. The van der Waals surface area contributed by atoms with Gasteiger partial charge in [0.25, 0.3) is 0 Å². The molecule has 2 aliphatic rings. The highest BCUT2D eigenvalue weighted by Gasteiger charge is 2.53. The van der Waals surface area contributed by atoms with Crippen molar-refractivity contribution in [3.8, 4) is 11.5 Å². The van der Waals surface area contributed by atoms with Gasteiger partial charge in [-0.25, -0.2) is 13.2 Å². The van der Waals surface area contributed by atoms with E-state index in [1.165, 1.54) is 24.1 Å². The molecule has 2 heterocycles. The number of rotatable bonds is 3. The van der Waals surface area contributed by atoms with Crippen LogP contribution in [0.3, 0.4) is 0 Å². The summed E-state index contributed by atoms with van der Waals surface area (Å²) in [5.41, 5.74) is -1.24. The largest absolute Gasteiger partial charge is 0.454 e. The van der Waals surface area contributed by atoms with E-state index in [2.05, 4.69) is 5.32 Å². The molecule has 6 nitrogen and oxygen atoms in total. The molecule has 2 atom stereocenters. The van der Waals surface area contributed by atoms with Crippen LogP contribution in [0.1, 0.15) is 12.0 Å². The molecule has 2 fully saturated rings. The Morgan fingerprint density at radius 2 is 1.97 bits per heavy atom. The number of amides is 1. The summed E-state index contributed by atoms with van der Waals surface area (Å²) < 4.78 is 53.2. The number of guanidine groups is 1. The van der Waals surface area contributed by atoms with Gasteiger partial charge in [-0.15, -0.1) is 0 Å². The minimum Gasteiger partial charge on any atom is -0.454 e. The summed E-state index contributed by atoms with van der Waals surface area (Å²) in [6.45, 7) is 0.293. The van der Waals surface area contributed by atoms with Crippen LogP contribution in [0.15, 0.2) is 36.4 Å². The third-order valence-corrected chi connectivity index (χ3v) is 5.32. The van der Waals surface area contributed by atoms with Crippen molar-refractivity contribution in [3.05, 3.63) is 59.4 Å². The summed E-state index contributed by atoms with van der Waals surface area (Å²) in [7, 11) is 1.47. The van der Waals surface area contributed by atoms with E-state index in [1.54, 1.807) is 0 Å². The van der Waals surface area contributed by atoms with Gasteiger partial charge in [-0.3, -0.25) is 15.1 Å². The van der Waals surface area contributed by atoms with E-state index in [0.29, 0.717) is 13.0 Å². The molecule has 2 N–H and O–H groups in total. The van der Waals surface area contributed by atoms with Crippen molar-refractivity contribution in [3.63, 3.8) is 0 Å². The molecule has 9 heteroatoms. The molecule has 0 aliphatic carbocycles. The van der Waals surface area contributed by atoms with Crippen LogP contribution in [0, 0.1) is 28.8 Å². The van der Waals surface area contributed by atoms with Gasteiger partial charge in [-0.05, 0) is 36.8 Å². The van der Waals surface area contributed by atoms with Gasteiger partial charge in [-0.2, -0.15) is 0 Å². The van der Waals surface area contributed by atoms with Gasteiger partial charge >= 0.3 is 0 Å². The van der Waals surface area contributed by atoms with Gasteiger partial charge in [0, 0.05) is 25.3 Å². The molecule has 0 bridgehead atoms. The standard InChI is InChI=1S/C20H18F3N3O3/c1-26-18(27)13-6-7-28-10-20(13,25-19(26)24)14-9-12(3-5-15(14)22)29-17-8-11(21)2-4-16(17)23/h2-5,8-9,13H,6-7,10H2,1H3,(H2,24,25)/t13-,20-/m0/s1. The summed E-state index contributed by atoms with van der Waals surface area (Å²) in [6, 6.07) is 6.49. The lowest BCUT2D eigenvalue weighted by Crippen LogP contribution is -2.68. The number of nitrogens with one attached hydrogen (secondary N) is 2. The lowest BCUT2D eigenvalue weighted by Gasteiger charge is -2.49. The van der Waals surface area contributed by atoms with Crippen LogP contribution >= 0.6 is 0 Å². The third-order valence-electron chi connectivity index (χ3n) is 5.32. The molecule has 1 amide bonds. The Labute approximate surface area is 164 Å². The molecule has 0 unspecified atom stereocenters. The minimum atomic E-state index is -1.30. The molecule has 2 aliphatic heterocycles. The van der Waals surface area contributed by atoms with Crippen molar-refractivity contribution >= 4 is 11.9 Å². The van der Waals surface area contributed by atoms with Crippen LogP contribution in [0.5, 0.6) is 11.5 Å². The average Bonchev–Trinajstić information content (AvgIpc) is 2.70. The molecule has 0 radical (unpaired) electrons. The molecule has 0 aromatic heterocycles. The molecule has 2 saturated heterocycles. The van der Waals surface area contributed by atoms with Crippen molar-refractivity contribution in [1.82, 2.24) is 10.2 Å². The average molecular weight is 405 g/mol. The zero-order valence-electron chi connectivity index (χ0n) is 15.5. The second kappa shape index (κ2) is 7.07. The van der Waals surface area contributed by atoms with E-state index >= 15 is 0 Å². The molecule has 0 saturated carbocycles. The lowest BCUT2D eigenvalue weighted by molar-refractivity contribution is -0.143. The number of hydrogen-bond donors (Lipinski definition) is 2. The number of hydrogen-bond acceptors (Lipinski definition) is 4. The lowest BCUT2D eigenvalue weighted by atomic mass is 9.73. The second-order valence-electron chi connectivity index (χ2n) is 7.05. The van der Waals surface area contributed by atoms with E-state index in [9.17, 15) is 18.0 Å². The minimum absolute atomic E-state index is 0.0334. The molecule has 152 valence electrons. The Bertz CT molecular complexity index is 1000. The van der Waals surface area contributed by atoms with Crippen LogP contribution in [0.25, 0.3) is 0 Å². The summed E-state index contributed by atoms with van der Waals surface area (Å²) >= 11 is 0. The summed E-state index contributed by atoms with van der Waals surface area (Å²) in [5, 5.41) is 11.0. The van der Waals surface area contributed by atoms with Gasteiger partial charge in [0.05, 0.1) is 12.5 Å². The Morgan fingerprint density at radius 1 is 1.21 bits per heavy atom. The number of ether oxygens (including phenoxy) is 2. The van der Waals surface area contributed by atoms with Crippen molar-refractivity contribution in [2.24, 2.45) is 5.92 Å². The van der Waals surface area contributed by atoms with E-state index < -0.39 is 28.9 Å². The molecule has 4 rings (SSSR count). The van der Waals surface area contributed by atoms with Crippen molar-refractivity contribution in [2.45, 2.75) is 12.0 Å². The maximum atomic E-state index is 14.9. The first-order valence-corrected chi connectivity index (χ1v) is 8.97. The molecule has 2 aromatic rings. The summed E-state index contributed by atoms with van der Waals surface area (Å²) in [4.78, 5) is 13.9. The second-order valence-corrected chi connectivity index (χ2v) is 7.05. The van der Waals surface area contributed by atoms with E-state index in [0.717, 1.165) is 24.3 Å². The topological polar surface area (TPSA) is 74.7 Å². The Balaban J connectivity index is 1.77. The number of nitrogens with zero attached hydrogens (tertiary/aromatic N) is 1. The van der Waals surface area contributed by atoms with Crippen LogP contribution < -0.4 is 10.1 Å². The Kier molecular flexibility index (Phi) is 4.70. The number of fused-ring (bicyclic) bond motifs is 1. The van der Waals surface area contributed by atoms with Crippen LogP contribution in [0.4, 0.5) is 13.2 Å². The molecular weight excluding hydrogens is 387 g/mol. The predicted octanol–water partition coefficient (Wildman–Crippen LogP) is 3.12. The van der Waals surface area contributed by atoms with Crippen molar-refractivity contribution < 1.29 is 27.4 Å². The monoisotopic (exact) mass is 405 g/mol. The van der Waals surface area contributed by atoms with Crippen molar-refractivity contribution in [1.29, 1.82) is 5.41 Å². The highest BCUT2D eigenvalue weighted by molar-refractivity contribution is 6.00. The SMILES string of the molecule is CN1C(=N)N[C@@]2(c3cc(Oc4cc(F)ccc4F)ccc3F)COCC[C@H]2C1=O. The third kappa shape index (κ3) is 3.21. The van der Waals surface area contributed by atoms with Crippen molar-refractivity contribution in [2.75, 3.05) is 20.3 Å². The maximum Gasteiger partial charge on any atom is 0.235 e. The van der Waals surface area contributed by atoms with E-state index in [4.69, 9.17) is 14.9 Å². The quantitative estimate of drug-likeness (QED) is 0.823. The summed E-state index contributed by atoms with van der Waals surface area (Å²) in [5.74, 6) is -3.54. The fourth-order valence-electron chi connectivity index (χ4n) is 3.80. The maximum absolute atomic E-state index is 14.9. The first-order valence-electron chi connectivity index (χ1n) is 8.97. The van der Waals surface area contributed by atoms with Crippen LogP contribution in [0.2, 0.25) is 0 Å². The molecule has 29 heavy (non-hydrogen) atoms. The fourth-order valence-corrected chi connectivity index (χ4v) is 3.80. The van der Waals surface area contributed by atoms with Gasteiger partial charge in [0.15, 0.2) is 17.5 Å². The Hall–Kier alpha value is -3.07. The highest BCUT2D eigenvalue weighted by Crippen LogP contribution is 2.42. The molecular formula is C20H18F3N3O3.